The van der Waals surface area contributed by atoms with Crippen LogP contribution in [0, 0.1) is 0 Å². The van der Waals surface area contributed by atoms with Gasteiger partial charge in [0.25, 0.3) is 0 Å². The van der Waals surface area contributed by atoms with Crippen LogP contribution in [0.5, 0.6) is 0 Å². The Morgan fingerprint density at radius 3 is 1.33 bits per heavy atom. The van der Waals surface area contributed by atoms with Gasteiger partial charge in [-0.05, 0) is 0 Å². The molecule has 0 aliphatic heterocycles. The summed E-state index contributed by atoms with van der Waals surface area (Å²) in [6, 6.07) is 0. The molecule has 0 aromatic heterocycles. The van der Waals surface area contributed by atoms with Crippen LogP contribution in [0.25, 0.3) is 0 Å². The summed E-state index contributed by atoms with van der Waals surface area (Å²) in [5.74, 6) is 0. The van der Waals surface area contributed by atoms with E-state index in [1.54, 1.807) is 0 Å². The summed E-state index contributed by atoms with van der Waals surface area (Å²) >= 11 is -11.4. The van der Waals surface area contributed by atoms with Gasteiger partial charge in [-0.3, -0.25) is 0 Å². The number of hydrogen-bond acceptors (Lipinski definition) is 5. The van der Waals surface area contributed by atoms with Gasteiger partial charge in [0.05, 0.1) is 0 Å². The fraction of sp³-hybridized carbons (Fsp3) is 0. The van der Waals surface area contributed by atoms with Gasteiger partial charge in [0.2, 0.25) is 0 Å². The van der Waals surface area contributed by atoms with Crippen molar-refractivity contribution in [3.63, 3.8) is 0 Å². The van der Waals surface area contributed by atoms with Crippen molar-refractivity contribution >= 4 is 35.2 Å². The van der Waals surface area contributed by atoms with E-state index in [1.807, 2.05) is 0 Å². The molecule has 0 saturated carbocycles. The molecule has 72 valence electrons. The number of hydrogen-bond donors (Lipinski definition) is 4. The number of carbonyl (C=O) groups excluding carboxylic acids is 1. The molecule has 0 heterocycles. The number of carbonyl (C=O) groups is 1. The standard InChI is InChI=1S/CH4As2O9/c4-1(11-2(5,6)7)12-3(8,9)10/h(H2,5,6,7)(H2,8,9,10). The summed E-state index contributed by atoms with van der Waals surface area (Å²) in [5, 5.41) is 0. The normalized spacial score (nSPS) is 12.3. The molecular formula is CH4As2O9. The second-order valence-corrected chi connectivity index (χ2v) is 6.30. The predicted molar refractivity (Wildman–Crippen MR) is 29.3 cm³/mol. The molecule has 0 aromatic carbocycles. The van der Waals surface area contributed by atoms with Gasteiger partial charge in [-0.1, -0.05) is 0 Å². The first-order chi connectivity index (χ1) is 5.10. The molecular weight excluding hydrogens is 306 g/mol. The molecule has 4 N–H and O–H groups in total. The average Bonchev–Trinajstić information content (AvgIpc) is 1.49. The summed E-state index contributed by atoms with van der Waals surface area (Å²) in [5.41, 5.74) is 0. The molecule has 0 radical (unpaired) electrons. The Kier molecular flexibility index (Phi) is 3.64. The van der Waals surface area contributed by atoms with Crippen molar-refractivity contribution in [2.45, 2.75) is 0 Å². The van der Waals surface area contributed by atoms with Crippen LogP contribution in [-0.4, -0.2) is 51.6 Å². The maximum atomic E-state index is 10.1. The molecule has 11 heteroatoms. The zero-order valence-corrected chi connectivity index (χ0v) is 8.98. The van der Waals surface area contributed by atoms with Crippen LogP contribution < -0.4 is 0 Å². The van der Waals surface area contributed by atoms with Gasteiger partial charge >= 0.3 is 71.3 Å². The van der Waals surface area contributed by atoms with Crippen molar-refractivity contribution in [3.8, 4) is 0 Å². The zero-order chi connectivity index (χ0) is 9.99. The van der Waals surface area contributed by atoms with Crippen LogP contribution in [0.4, 0.5) is 4.79 Å². The van der Waals surface area contributed by atoms with Gasteiger partial charge in [0.1, 0.15) is 0 Å². The molecule has 0 fully saturated rings. The van der Waals surface area contributed by atoms with E-state index in [4.69, 9.17) is 16.4 Å². The molecule has 0 aromatic rings. The van der Waals surface area contributed by atoms with Gasteiger partial charge in [-0.15, -0.1) is 0 Å². The average molecular weight is 310 g/mol. The summed E-state index contributed by atoms with van der Waals surface area (Å²) in [6.45, 7) is 0. The molecule has 0 rings (SSSR count). The van der Waals surface area contributed by atoms with Crippen LogP contribution in [0.3, 0.4) is 0 Å². The molecule has 0 atom stereocenters. The molecule has 0 amide bonds. The first-order valence-electron chi connectivity index (χ1n) is 2.14. The molecule has 0 saturated heterocycles. The fourth-order valence-electron chi connectivity index (χ4n) is 0.211. The Bertz CT molecular complexity index is 228. The van der Waals surface area contributed by atoms with Crippen molar-refractivity contribution < 1.29 is 36.1 Å². The second kappa shape index (κ2) is 3.69. The van der Waals surface area contributed by atoms with E-state index in [0.29, 0.717) is 0 Å². The number of rotatable bonds is 2. The minimum atomic E-state index is -5.69. The Morgan fingerprint density at radius 2 is 1.17 bits per heavy atom. The van der Waals surface area contributed by atoms with E-state index in [9.17, 15) is 12.3 Å². The van der Waals surface area contributed by atoms with Gasteiger partial charge in [0.15, 0.2) is 0 Å². The quantitative estimate of drug-likeness (QED) is 0.387. The Balaban J connectivity index is 4.10. The topological polar surface area (TPSA) is 151 Å². The molecule has 12 heavy (non-hydrogen) atoms. The van der Waals surface area contributed by atoms with Crippen molar-refractivity contribution in [3.05, 3.63) is 0 Å². The van der Waals surface area contributed by atoms with Gasteiger partial charge < -0.3 is 0 Å². The Hall–Kier alpha value is -0.173. The molecule has 0 spiro atoms. The Morgan fingerprint density at radius 1 is 0.917 bits per heavy atom. The van der Waals surface area contributed by atoms with Crippen LogP contribution in [0.2, 0.25) is 0 Å². The summed E-state index contributed by atoms with van der Waals surface area (Å²) in [6.07, 6.45) is -2.09. The van der Waals surface area contributed by atoms with Crippen LogP contribution in [0.15, 0.2) is 0 Å². The maximum absolute atomic E-state index is 10.1. The third kappa shape index (κ3) is 7.93. The SMILES string of the molecule is O=C(O[As](=O)(O)O)O[As](=O)(O)O. The van der Waals surface area contributed by atoms with Crippen LogP contribution in [-0.2, 0) is 14.9 Å². The van der Waals surface area contributed by atoms with Gasteiger partial charge in [-0.2, -0.15) is 0 Å². The fourth-order valence-corrected chi connectivity index (χ4v) is 1.46. The van der Waals surface area contributed by atoms with E-state index >= 15 is 0 Å². The molecule has 0 aliphatic rings. The zero-order valence-electron chi connectivity index (χ0n) is 5.22. The van der Waals surface area contributed by atoms with Crippen molar-refractivity contribution in [2.75, 3.05) is 0 Å². The van der Waals surface area contributed by atoms with E-state index in [0.717, 1.165) is 0 Å². The molecule has 0 bridgehead atoms. The monoisotopic (exact) mass is 310 g/mol. The summed E-state index contributed by atoms with van der Waals surface area (Å²) in [4.78, 5) is 10.1. The van der Waals surface area contributed by atoms with E-state index in [-0.39, 0.29) is 0 Å². The van der Waals surface area contributed by atoms with Crippen molar-refractivity contribution in [1.82, 2.24) is 0 Å². The van der Waals surface area contributed by atoms with E-state index in [2.05, 4.69) is 7.45 Å². The van der Waals surface area contributed by atoms with Gasteiger partial charge in [0, 0.05) is 0 Å². The van der Waals surface area contributed by atoms with E-state index in [1.165, 1.54) is 0 Å². The third-order valence-electron chi connectivity index (χ3n) is 0.387. The van der Waals surface area contributed by atoms with Crippen molar-refractivity contribution in [1.29, 1.82) is 0 Å². The second-order valence-electron chi connectivity index (χ2n) is 1.41. The van der Waals surface area contributed by atoms with Crippen LogP contribution >= 0.6 is 0 Å². The van der Waals surface area contributed by atoms with Crippen LogP contribution in [0.1, 0.15) is 0 Å². The molecule has 0 unspecified atom stereocenters. The predicted octanol–water partition coefficient (Wildman–Crippen LogP) is -3.16. The van der Waals surface area contributed by atoms with Gasteiger partial charge in [-0.25, -0.2) is 0 Å². The van der Waals surface area contributed by atoms with E-state index < -0.39 is 35.2 Å². The molecule has 9 nitrogen and oxygen atoms in total. The Labute approximate surface area is 71.6 Å². The summed E-state index contributed by atoms with van der Waals surface area (Å²) in [7, 11) is 0. The first kappa shape index (κ1) is 11.8. The first-order valence-corrected chi connectivity index (χ1v) is 8.56. The minimum absolute atomic E-state index is 2.09. The summed E-state index contributed by atoms with van der Waals surface area (Å²) < 4.78 is 58.2. The third-order valence-corrected chi connectivity index (χ3v) is 2.01. The van der Waals surface area contributed by atoms with Crippen molar-refractivity contribution in [2.24, 2.45) is 0 Å². The molecule has 0 aliphatic carbocycles.